The molecule has 2 aromatic carbocycles. The quantitative estimate of drug-likeness (QED) is 0.404. The van der Waals surface area contributed by atoms with Crippen molar-refractivity contribution in [3.8, 4) is 51.3 Å². The number of rotatable bonds is 3. The molecule has 0 aliphatic heterocycles. The average molecular weight is 376 g/mol. The van der Waals surface area contributed by atoms with E-state index in [0.717, 1.165) is 0 Å². The van der Waals surface area contributed by atoms with Gasteiger partial charge in [-0.2, -0.15) is 0 Å². The van der Waals surface area contributed by atoms with Gasteiger partial charge in [0, 0.05) is 11.6 Å². The third-order valence-electron chi connectivity index (χ3n) is 4.26. The van der Waals surface area contributed by atoms with E-state index in [1.807, 2.05) is 30.3 Å². The maximum atomic E-state index is 12.0. The summed E-state index contributed by atoms with van der Waals surface area (Å²) in [4.78, 5) is 19.6. The highest BCUT2D eigenvalue weighted by molar-refractivity contribution is 5.82. The fraction of sp³-hybridized carbons (Fsp3) is 0.0476. The van der Waals surface area contributed by atoms with E-state index in [1.165, 1.54) is 24.3 Å². The van der Waals surface area contributed by atoms with E-state index < -0.39 is 11.2 Å². The fourth-order valence-electron chi connectivity index (χ4n) is 2.96. The van der Waals surface area contributed by atoms with Crippen molar-refractivity contribution in [1.29, 1.82) is 0 Å². The van der Waals surface area contributed by atoms with Crippen molar-refractivity contribution in [2.24, 2.45) is 0 Å². The number of aromatic nitrogens is 2. The predicted octanol–water partition coefficient (Wildman–Crippen LogP) is 3.79. The Morgan fingerprint density at radius 1 is 1.00 bits per heavy atom. The maximum Gasteiger partial charge on any atom is 0.227 e. The van der Waals surface area contributed by atoms with Gasteiger partial charge in [-0.25, -0.2) is 4.98 Å². The molecule has 4 rings (SSSR count). The van der Waals surface area contributed by atoms with Gasteiger partial charge < -0.3 is 24.7 Å². The number of phenolic OH excluding ortho intramolecular Hbond substituents is 2. The Labute approximate surface area is 159 Å². The number of hydrogen-bond donors (Lipinski definition) is 4. The van der Waals surface area contributed by atoms with Crippen LogP contribution in [0.3, 0.4) is 0 Å². The van der Waals surface area contributed by atoms with Crippen molar-refractivity contribution in [2.75, 3.05) is 0 Å². The van der Waals surface area contributed by atoms with Crippen molar-refractivity contribution in [3.05, 3.63) is 70.6 Å². The monoisotopic (exact) mass is 376 g/mol. The molecule has 2 heterocycles. The van der Waals surface area contributed by atoms with Gasteiger partial charge in [0.25, 0.3) is 0 Å². The minimum absolute atomic E-state index is 0.0445. The van der Waals surface area contributed by atoms with Crippen LogP contribution in [0, 0.1) is 6.92 Å². The summed E-state index contributed by atoms with van der Waals surface area (Å²) in [6.45, 7) is 1.60. The molecule has 0 bridgehead atoms. The molecule has 0 saturated heterocycles. The summed E-state index contributed by atoms with van der Waals surface area (Å²) in [6, 6.07) is 14.4. The van der Waals surface area contributed by atoms with Crippen LogP contribution in [-0.4, -0.2) is 25.3 Å². The third kappa shape index (κ3) is 2.99. The van der Waals surface area contributed by atoms with E-state index in [-0.39, 0.29) is 34.3 Å². The molecule has 140 valence electrons. The third-order valence-corrected chi connectivity index (χ3v) is 4.26. The highest BCUT2D eigenvalue weighted by Crippen LogP contribution is 2.38. The second-order valence-electron chi connectivity index (χ2n) is 6.28. The Hall–Kier alpha value is -4.00. The van der Waals surface area contributed by atoms with Gasteiger partial charge in [0.05, 0.1) is 5.56 Å². The van der Waals surface area contributed by atoms with Gasteiger partial charge in [-0.3, -0.25) is 4.79 Å². The molecular formula is C21H16N2O5. The van der Waals surface area contributed by atoms with Gasteiger partial charge in [-0.05, 0) is 25.1 Å². The van der Waals surface area contributed by atoms with Crippen LogP contribution in [0.15, 0.2) is 63.8 Å². The van der Waals surface area contributed by atoms with E-state index >= 15 is 0 Å². The highest BCUT2D eigenvalue weighted by atomic mass is 16.4. The summed E-state index contributed by atoms with van der Waals surface area (Å²) in [7, 11) is 0. The van der Waals surface area contributed by atoms with Crippen LogP contribution < -0.4 is 5.43 Å². The number of H-pyrrole nitrogens is 1. The zero-order chi connectivity index (χ0) is 19.8. The minimum atomic E-state index is -0.575. The Kier molecular flexibility index (Phi) is 4.12. The molecule has 2 aromatic heterocycles. The first-order chi connectivity index (χ1) is 13.4. The second kappa shape index (κ2) is 6.62. The predicted molar refractivity (Wildman–Crippen MR) is 103 cm³/mol. The lowest BCUT2D eigenvalue weighted by atomic mass is 10.1. The first-order valence-corrected chi connectivity index (χ1v) is 8.46. The first kappa shape index (κ1) is 17.4. The molecule has 0 amide bonds. The number of hydrogen-bond acceptors (Lipinski definition) is 6. The summed E-state index contributed by atoms with van der Waals surface area (Å²) < 4.78 is 5.61. The average Bonchev–Trinajstić information content (AvgIpc) is 3.12. The lowest BCUT2D eigenvalue weighted by Gasteiger charge is -2.05. The molecule has 0 radical (unpaired) electrons. The number of aromatic hydroxyl groups is 3. The second-order valence-corrected chi connectivity index (χ2v) is 6.28. The minimum Gasteiger partial charge on any atom is -0.508 e. The van der Waals surface area contributed by atoms with Crippen LogP contribution in [0.5, 0.6) is 17.2 Å². The van der Waals surface area contributed by atoms with E-state index in [4.69, 9.17) is 4.42 Å². The molecule has 0 fully saturated rings. The van der Waals surface area contributed by atoms with Crippen LogP contribution >= 0.6 is 0 Å². The number of aryl methyl sites for hydroxylation is 1. The summed E-state index contributed by atoms with van der Waals surface area (Å²) in [5.74, 6) is -0.163. The standard InChI is InChI=1S/C21H16N2O5/c1-11-9-16(26)19(27)20(28-11)18-17(12-5-3-2-4-6-12)22-21(23-18)14-10-13(24)7-8-15(14)25/h2-10,24-25,27H,1H3,(H,22,23). The molecule has 0 unspecified atom stereocenters. The van der Waals surface area contributed by atoms with Gasteiger partial charge in [0.2, 0.25) is 11.2 Å². The van der Waals surface area contributed by atoms with E-state index in [9.17, 15) is 20.1 Å². The van der Waals surface area contributed by atoms with Crippen LogP contribution in [0.25, 0.3) is 34.1 Å². The smallest absolute Gasteiger partial charge is 0.227 e. The van der Waals surface area contributed by atoms with Crippen molar-refractivity contribution >= 4 is 0 Å². The molecule has 0 saturated carbocycles. The number of phenols is 2. The summed E-state index contributed by atoms with van der Waals surface area (Å²) in [5, 5.41) is 30.2. The van der Waals surface area contributed by atoms with Crippen molar-refractivity contribution < 1.29 is 19.7 Å². The molecule has 7 heteroatoms. The Balaban J connectivity index is 2.02. The number of aromatic amines is 1. The highest BCUT2D eigenvalue weighted by Gasteiger charge is 2.22. The molecule has 0 aliphatic carbocycles. The zero-order valence-electron chi connectivity index (χ0n) is 14.8. The van der Waals surface area contributed by atoms with Crippen molar-refractivity contribution in [2.45, 2.75) is 6.92 Å². The lowest BCUT2D eigenvalue weighted by Crippen LogP contribution is -2.01. The van der Waals surface area contributed by atoms with Gasteiger partial charge in [-0.15, -0.1) is 0 Å². The normalized spacial score (nSPS) is 10.9. The molecular weight excluding hydrogens is 360 g/mol. The molecule has 4 N–H and O–H groups in total. The topological polar surface area (TPSA) is 120 Å². The molecule has 4 aromatic rings. The Bertz CT molecular complexity index is 1230. The molecule has 28 heavy (non-hydrogen) atoms. The summed E-state index contributed by atoms with van der Waals surface area (Å²) in [5.41, 5.74) is 1.10. The van der Waals surface area contributed by atoms with Gasteiger partial charge in [0.1, 0.15) is 34.5 Å². The first-order valence-electron chi connectivity index (χ1n) is 8.46. The van der Waals surface area contributed by atoms with Crippen LogP contribution in [0.2, 0.25) is 0 Å². The van der Waals surface area contributed by atoms with Gasteiger partial charge >= 0.3 is 0 Å². The van der Waals surface area contributed by atoms with E-state index in [1.54, 1.807) is 6.92 Å². The number of imidazole rings is 1. The molecule has 0 atom stereocenters. The Morgan fingerprint density at radius 3 is 2.50 bits per heavy atom. The molecule has 7 nitrogen and oxygen atoms in total. The number of benzene rings is 2. The Morgan fingerprint density at radius 2 is 1.75 bits per heavy atom. The summed E-state index contributed by atoms with van der Waals surface area (Å²) in [6.07, 6.45) is 0. The van der Waals surface area contributed by atoms with Gasteiger partial charge in [0.15, 0.2) is 5.76 Å². The largest absolute Gasteiger partial charge is 0.508 e. The summed E-state index contributed by atoms with van der Waals surface area (Å²) >= 11 is 0. The molecule has 0 spiro atoms. The lowest BCUT2D eigenvalue weighted by molar-refractivity contribution is 0.429. The van der Waals surface area contributed by atoms with Crippen LogP contribution in [0.1, 0.15) is 5.76 Å². The SMILES string of the molecule is Cc1cc(=O)c(O)c(-c2[nH]c(-c3cc(O)ccc3O)nc2-c2ccccc2)o1. The van der Waals surface area contributed by atoms with Crippen LogP contribution in [0.4, 0.5) is 0 Å². The maximum absolute atomic E-state index is 12.0. The zero-order valence-corrected chi connectivity index (χ0v) is 14.8. The fourth-order valence-corrected chi connectivity index (χ4v) is 2.96. The number of nitrogens with one attached hydrogen (secondary N) is 1. The van der Waals surface area contributed by atoms with Crippen molar-refractivity contribution in [1.82, 2.24) is 9.97 Å². The molecule has 0 aliphatic rings. The van der Waals surface area contributed by atoms with Crippen LogP contribution in [-0.2, 0) is 0 Å². The van der Waals surface area contributed by atoms with E-state index in [0.29, 0.717) is 17.0 Å². The number of nitrogens with zero attached hydrogens (tertiary/aromatic N) is 1. The van der Waals surface area contributed by atoms with Crippen molar-refractivity contribution in [3.63, 3.8) is 0 Å². The van der Waals surface area contributed by atoms with Gasteiger partial charge in [-0.1, -0.05) is 30.3 Å². The van der Waals surface area contributed by atoms with E-state index in [2.05, 4.69) is 9.97 Å².